The van der Waals surface area contributed by atoms with E-state index in [1.165, 1.54) is 19.9 Å². The molecule has 114 valence electrons. The molecule has 1 fully saturated rings. The number of esters is 2. The van der Waals surface area contributed by atoms with E-state index in [0.29, 0.717) is 0 Å². The Balaban J connectivity index is 2.95. The number of hydrogen-bond acceptors (Lipinski definition) is 7. The third kappa shape index (κ3) is 4.29. The van der Waals surface area contributed by atoms with Crippen LogP contribution in [0.1, 0.15) is 20.8 Å². The second-order valence-electron chi connectivity index (χ2n) is 4.47. The van der Waals surface area contributed by atoms with Crippen LogP contribution >= 0.6 is 0 Å². The van der Waals surface area contributed by atoms with Crippen molar-refractivity contribution < 1.29 is 33.6 Å². The summed E-state index contributed by atoms with van der Waals surface area (Å²) in [4.78, 5) is 22.3. The van der Waals surface area contributed by atoms with Crippen molar-refractivity contribution >= 4 is 11.9 Å². The molecule has 1 aliphatic rings. The lowest BCUT2D eigenvalue weighted by Gasteiger charge is -2.42. The minimum atomic E-state index is -1.35. The van der Waals surface area contributed by atoms with Crippen molar-refractivity contribution in [1.82, 2.24) is 0 Å². The van der Waals surface area contributed by atoms with E-state index in [9.17, 15) is 14.7 Å². The van der Waals surface area contributed by atoms with Gasteiger partial charge in [-0.25, -0.2) is 0 Å². The maximum Gasteiger partial charge on any atom is 0.303 e. The summed E-state index contributed by atoms with van der Waals surface area (Å²) in [6.45, 7) is 7.76. The van der Waals surface area contributed by atoms with Crippen LogP contribution in [0, 0.1) is 0 Å². The highest BCUT2D eigenvalue weighted by Crippen LogP contribution is 2.27. The highest BCUT2D eigenvalue weighted by Gasteiger charge is 2.48. The number of ether oxygens (including phenoxy) is 4. The van der Waals surface area contributed by atoms with Crippen LogP contribution in [0.2, 0.25) is 0 Å². The summed E-state index contributed by atoms with van der Waals surface area (Å²) in [5.74, 6) is -1.11. The van der Waals surface area contributed by atoms with Gasteiger partial charge in [0.2, 0.25) is 0 Å². The molecule has 1 aliphatic heterocycles. The highest BCUT2D eigenvalue weighted by molar-refractivity contribution is 5.67. The Morgan fingerprint density at radius 1 is 1.20 bits per heavy atom. The summed E-state index contributed by atoms with van der Waals surface area (Å²) in [6.07, 6.45) is -3.15. The van der Waals surface area contributed by atoms with Gasteiger partial charge in [-0.05, 0) is 6.92 Å². The molecule has 0 unspecified atom stereocenters. The van der Waals surface area contributed by atoms with Crippen LogP contribution in [-0.2, 0) is 28.5 Å². The zero-order valence-corrected chi connectivity index (χ0v) is 11.8. The summed E-state index contributed by atoms with van der Waals surface area (Å²) >= 11 is 0. The van der Waals surface area contributed by atoms with Crippen LogP contribution < -0.4 is 0 Å². The van der Waals surface area contributed by atoms with Gasteiger partial charge in [-0.3, -0.25) is 9.59 Å². The zero-order valence-electron chi connectivity index (χ0n) is 11.8. The van der Waals surface area contributed by atoms with Crippen molar-refractivity contribution in [2.45, 2.75) is 51.5 Å². The van der Waals surface area contributed by atoms with Crippen molar-refractivity contribution in [3.8, 4) is 0 Å². The van der Waals surface area contributed by atoms with E-state index in [0.717, 1.165) is 0 Å². The Labute approximate surface area is 117 Å². The summed E-state index contributed by atoms with van der Waals surface area (Å²) in [7, 11) is 0. The third-order valence-corrected chi connectivity index (χ3v) is 2.76. The molecule has 1 heterocycles. The molecule has 7 heteroatoms. The molecule has 0 aromatic rings. The first-order valence-electron chi connectivity index (χ1n) is 6.27. The first kappa shape index (κ1) is 16.6. The molecule has 0 radical (unpaired) electrons. The van der Waals surface area contributed by atoms with Gasteiger partial charge in [-0.1, -0.05) is 6.08 Å². The van der Waals surface area contributed by atoms with Crippen molar-refractivity contribution in [2.75, 3.05) is 6.61 Å². The molecule has 1 N–H and O–H groups in total. The lowest BCUT2D eigenvalue weighted by Crippen LogP contribution is -2.60. The summed E-state index contributed by atoms with van der Waals surface area (Å²) < 4.78 is 20.9. The van der Waals surface area contributed by atoms with Crippen LogP contribution in [0.25, 0.3) is 0 Å². The Morgan fingerprint density at radius 2 is 1.75 bits per heavy atom. The standard InChI is InChI=1S/C13H20O7/c1-5-6-17-11-10(19-8(3)14)7(2)18-13(16)12(11)20-9(4)15/h5,7,10-13,16H,1,6H2,2-4H3/t7-,10-,11+,12+,13+/m0/s1. The Bertz CT molecular complexity index is 340. The smallest absolute Gasteiger partial charge is 0.303 e. The fraction of sp³-hybridized carbons (Fsp3) is 0.692. The van der Waals surface area contributed by atoms with E-state index in [1.807, 2.05) is 0 Å². The van der Waals surface area contributed by atoms with E-state index in [-0.39, 0.29) is 6.61 Å². The van der Waals surface area contributed by atoms with Gasteiger partial charge < -0.3 is 24.1 Å². The van der Waals surface area contributed by atoms with Crippen LogP contribution in [-0.4, -0.2) is 54.4 Å². The van der Waals surface area contributed by atoms with Crippen molar-refractivity contribution in [2.24, 2.45) is 0 Å². The minimum absolute atomic E-state index is 0.152. The third-order valence-electron chi connectivity index (χ3n) is 2.76. The fourth-order valence-corrected chi connectivity index (χ4v) is 2.03. The average molecular weight is 288 g/mol. The molecule has 1 saturated heterocycles. The summed E-state index contributed by atoms with van der Waals surface area (Å²) in [5, 5.41) is 9.86. The van der Waals surface area contributed by atoms with Crippen LogP contribution in [0.5, 0.6) is 0 Å². The molecule has 5 atom stereocenters. The molecule has 0 amide bonds. The van der Waals surface area contributed by atoms with Gasteiger partial charge in [0, 0.05) is 13.8 Å². The molecule has 20 heavy (non-hydrogen) atoms. The van der Waals surface area contributed by atoms with Gasteiger partial charge in [0.1, 0.15) is 6.10 Å². The summed E-state index contributed by atoms with van der Waals surface area (Å²) in [6, 6.07) is 0. The lowest BCUT2D eigenvalue weighted by atomic mass is 9.99. The first-order valence-corrected chi connectivity index (χ1v) is 6.27. The number of aliphatic hydroxyl groups is 1. The van der Waals surface area contributed by atoms with Gasteiger partial charge in [0.15, 0.2) is 18.5 Å². The molecule has 0 aromatic heterocycles. The van der Waals surface area contributed by atoms with Gasteiger partial charge >= 0.3 is 11.9 Å². The topological polar surface area (TPSA) is 91.3 Å². The average Bonchev–Trinajstić information content (AvgIpc) is 2.33. The van der Waals surface area contributed by atoms with Crippen LogP contribution in [0.4, 0.5) is 0 Å². The second-order valence-corrected chi connectivity index (χ2v) is 4.47. The van der Waals surface area contributed by atoms with Gasteiger partial charge in [0.25, 0.3) is 0 Å². The predicted octanol–water partition coefficient (Wildman–Crippen LogP) is 0.158. The second kappa shape index (κ2) is 7.37. The lowest BCUT2D eigenvalue weighted by molar-refractivity contribution is -0.291. The van der Waals surface area contributed by atoms with Crippen molar-refractivity contribution in [3.63, 3.8) is 0 Å². The molecule has 1 rings (SSSR count). The van der Waals surface area contributed by atoms with Crippen molar-refractivity contribution in [1.29, 1.82) is 0 Å². The van der Waals surface area contributed by atoms with E-state index in [1.54, 1.807) is 6.92 Å². The molecule has 0 aliphatic carbocycles. The van der Waals surface area contributed by atoms with E-state index < -0.39 is 42.6 Å². The number of aliphatic hydroxyl groups excluding tert-OH is 1. The maximum atomic E-state index is 11.2. The molecule has 0 spiro atoms. The monoisotopic (exact) mass is 288 g/mol. The normalized spacial score (nSPS) is 33.3. The molecule has 0 saturated carbocycles. The van der Waals surface area contributed by atoms with Gasteiger partial charge in [-0.2, -0.15) is 0 Å². The fourth-order valence-electron chi connectivity index (χ4n) is 2.03. The van der Waals surface area contributed by atoms with Crippen LogP contribution in [0.3, 0.4) is 0 Å². The summed E-state index contributed by atoms with van der Waals surface area (Å²) in [5.41, 5.74) is 0. The van der Waals surface area contributed by atoms with Gasteiger partial charge in [0.05, 0.1) is 12.7 Å². The largest absolute Gasteiger partial charge is 0.457 e. The number of carbonyl (C=O) groups is 2. The number of carbonyl (C=O) groups excluding carboxylic acids is 2. The zero-order chi connectivity index (χ0) is 15.3. The molecule has 0 bridgehead atoms. The van der Waals surface area contributed by atoms with E-state index >= 15 is 0 Å². The quantitative estimate of drug-likeness (QED) is 0.569. The molecule has 0 aromatic carbocycles. The van der Waals surface area contributed by atoms with Crippen molar-refractivity contribution in [3.05, 3.63) is 12.7 Å². The predicted molar refractivity (Wildman–Crippen MR) is 67.6 cm³/mol. The van der Waals surface area contributed by atoms with Gasteiger partial charge in [-0.15, -0.1) is 6.58 Å². The number of rotatable bonds is 5. The van der Waals surface area contributed by atoms with E-state index in [4.69, 9.17) is 18.9 Å². The first-order chi connectivity index (χ1) is 9.36. The van der Waals surface area contributed by atoms with Crippen LogP contribution in [0.15, 0.2) is 12.7 Å². The molecular weight excluding hydrogens is 268 g/mol. The highest BCUT2D eigenvalue weighted by atomic mass is 16.7. The molecule has 7 nitrogen and oxygen atoms in total. The SMILES string of the molecule is C=CCO[C@@H]1[C@@H](OC(C)=O)[C@H](C)O[C@@H](O)[C@@H]1OC(C)=O. The minimum Gasteiger partial charge on any atom is -0.457 e. The van der Waals surface area contributed by atoms with E-state index in [2.05, 4.69) is 6.58 Å². The molecular formula is C13H20O7. The Kier molecular flexibility index (Phi) is 6.12. The maximum absolute atomic E-state index is 11.2. The Morgan fingerprint density at radius 3 is 2.25 bits per heavy atom. The number of hydrogen-bond donors (Lipinski definition) is 1. The Hall–Kier alpha value is -1.44.